The predicted octanol–water partition coefficient (Wildman–Crippen LogP) is -0.426. The highest BCUT2D eigenvalue weighted by atomic mass is 32.2. The maximum Gasteiger partial charge on any atom is 0.343 e. The minimum Gasteiger partial charge on any atom is -0.468 e. The second-order valence-corrected chi connectivity index (χ2v) is 4.70. The zero-order valence-corrected chi connectivity index (χ0v) is 10.8. The van der Waals surface area contributed by atoms with Crippen molar-refractivity contribution in [2.45, 2.75) is 31.1 Å². The maximum atomic E-state index is 11.4. The molecule has 1 atom stereocenters. The van der Waals surface area contributed by atoms with Crippen LogP contribution in [-0.4, -0.2) is 39.1 Å². The SMILES string of the molecule is CCn1c(SCC(C)(N)C(=O)OC)n[nH]c1=O. The molecule has 17 heavy (non-hydrogen) atoms. The number of aromatic nitrogens is 3. The Hall–Kier alpha value is -1.28. The topological polar surface area (TPSA) is 103 Å². The number of methoxy groups -OCH3 is 1. The Morgan fingerprint density at radius 3 is 2.88 bits per heavy atom. The molecule has 0 spiro atoms. The Morgan fingerprint density at radius 1 is 1.71 bits per heavy atom. The van der Waals surface area contributed by atoms with Gasteiger partial charge in [-0.1, -0.05) is 11.8 Å². The van der Waals surface area contributed by atoms with E-state index < -0.39 is 11.5 Å². The smallest absolute Gasteiger partial charge is 0.343 e. The molecule has 0 amide bonds. The second-order valence-electron chi connectivity index (χ2n) is 3.75. The lowest BCUT2D eigenvalue weighted by molar-refractivity contribution is -0.145. The lowest BCUT2D eigenvalue weighted by Crippen LogP contribution is -2.48. The van der Waals surface area contributed by atoms with Gasteiger partial charge < -0.3 is 10.5 Å². The number of hydrogen-bond donors (Lipinski definition) is 2. The van der Waals surface area contributed by atoms with E-state index in [4.69, 9.17) is 5.73 Å². The first-order valence-corrected chi connectivity index (χ1v) is 6.06. The van der Waals surface area contributed by atoms with Crippen LogP contribution in [0.3, 0.4) is 0 Å². The molecule has 0 saturated heterocycles. The minimum atomic E-state index is -1.10. The summed E-state index contributed by atoms with van der Waals surface area (Å²) >= 11 is 1.24. The molecule has 0 bridgehead atoms. The van der Waals surface area contributed by atoms with E-state index in [0.717, 1.165) is 0 Å². The van der Waals surface area contributed by atoms with Gasteiger partial charge in [0.25, 0.3) is 0 Å². The normalized spacial score (nSPS) is 14.4. The number of thioether (sulfide) groups is 1. The molecule has 3 N–H and O–H groups in total. The van der Waals surface area contributed by atoms with Gasteiger partial charge in [0.2, 0.25) is 0 Å². The van der Waals surface area contributed by atoms with Crippen LogP contribution in [0.5, 0.6) is 0 Å². The van der Waals surface area contributed by atoms with Crippen molar-refractivity contribution in [3.8, 4) is 0 Å². The molecule has 1 aromatic heterocycles. The summed E-state index contributed by atoms with van der Waals surface area (Å²) in [5.74, 6) is -0.213. The number of carbonyl (C=O) groups excluding carboxylic acids is 1. The van der Waals surface area contributed by atoms with Crippen LogP contribution < -0.4 is 11.4 Å². The number of hydrogen-bond acceptors (Lipinski definition) is 6. The summed E-state index contributed by atoms with van der Waals surface area (Å²) < 4.78 is 6.06. The monoisotopic (exact) mass is 260 g/mol. The van der Waals surface area contributed by atoms with Gasteiger partial charge in [0.15, 0.2) is 5.16 Å². The summed E-state index contributed by atoms with van der Waals surface area (Å²) in [6.45, 7) is 3.92. The third-order valence-electron chi connectivity index (χ3n) is 2.19. The van der Waals surface area contributed by atoms with Crippen molar-refractivity contribution in [1.82, 2.24) is 14.8 Å². The first-order valence-electron chi connectivity index (χ1n) is 5.07. The van der Waals surface area contributed by atoms with Gasteiger partial charge in [-0.25, -0.2) is 9.89 Å². The fraction of sp³-hybridized carbons (Fsp3) is 0.667. The molecule has 1 rings (SSSR count). The van der Waals surface area contributed by atoms with E-state index in [9.17, 15) is 9.59 Å². The van der Waals surface area contributed by atoms with E-state index in [1.807, 2.05) is 6.92 Å². The lowest BCUT2D eigenvalue weighted by atomic mass is 10.1. The van der Waals surface area contributed by atoms with Crippen molar-refractivity contribution < 1.29 is 9.53 Å². The summed E-state index contributed by atoms with van der Waals surface area (Å²) in [5.41, 5.74) is 4.42. The van der Waals surface area contributed by atoms with E-state index in [1.165, 1.54) is 23.4 Å². The molecule has 0 radical (unpaired) electrons. The van der Waals surface area contributed by atoms with Crippen LogP contribution in [0.15, 0.2) is 9.95 Å². The molecular formula is C9H16N4O3S. The molecule has 0 fully saturated rings. The van der Waals surface area contributed by atoms with Crippen LogP contribution in [0.1, 0.15) is 13.8 Å². The minimum absolute atomic E-state index is 0.271. The van der Waals surface area contributed by atoms with Gasteiger partial charge in [0.1, 0.15) is 5.54 Å². The number of nitrogens with one attached hydrogen (secondary N) is 1. The summed E-state index contributed by atoms with van der Waals surface area (Å²) in [5, 5.41) is 6.71. The predicted molar refractivity (Wildman–Crippen MR) is 63.9 cm³/mol. The number of rotatable bonds is 5. The second kappa shape index (κ2) is 5.37. The molecule has 7 nitrogen and oxygen atoms in total. The number of esters is 1. The summed E-state index contributed by atoms with van der Waals surface area (Å²) in [4.78, 5) is 22.7. The van der Waals surface area contributed by atoms with E-state index in [2.05, 4.69) is 14.9 Å². The number of nitrogens with zero attached hydrogens (tertiary/aromatic N) is 2. The van der Waals surface area contributed by atoms with Crippen molar-refractivity contribution >= 4 is 17.7 Å². The number of ether oxygens (including phenoxy) is 1. The summed E-state index contributed by atoms with van der Waals surface area (Å²) in [6.07, 6.45) is 0. The zero-order chi connectivity index (χ0) is 13.1. The van der Waals surface area contributed by atoms with Crippen molar-refractivity contribution in [2.75, 3.05) is 12.9 Å². The quantitative estimate of drug-likeness (QED) is 0.550. The Morgan fingerprint density at radius 2 is 2.35 bits per heavy atom. The molecule has 96 valence electrons. The van der Waals surface area contributed by atoms with Gasteiger partial charge in [-0.3, -0.25) is 9.36 Å². The Kier molecular flexibility index (Phi) is 4.35. The third-order valence-corrected chi connectivity index (χ3v) is 3.51. The van der Waals surface area contributed by atoms with Crippen molar-refractivity contribution in [2.24, 2.45) is 5.73 Å². The third kappa shape index (κ3) is 3.10. The molecule has 1 heterocycles. The number of H-pyrrole nitrogens is 1. The first kappa shape index (κ1) is 13.8. The van der Waals surface area contributed by atoms with Crippen LogP contribution in [0.2, 0.25) is 0 Å². The van der Waals surface area contributed by atoms with E-state index in [1.54, 1.807) is 6.92 Å². The van der Waals surface area contributed by atoms with Crippen molar-refractivity contribution in [3.05, 3.63) is 10.5 Å². The zero-order valence-electron chi connectivity index (χ0n) is 10.0. The van der Waals surface area contributed by atoms with Gasteiger partial charge >= 0.3 is 11.7 Å². The first-order chi connectivity index (χ1) is 7.92. The van der Waals surface area contributed by atoms with Crippen LogP contribution in [0.4, 0.5) is 0 Å². The highest BCUT2D eigenvalue weighted by molar-refractivity contribution is 7.99. The van der Waals surface area contributed by atoms with Gasteiger partial charge in [-0.15, -0.1) is 5.10 Å². The van der Waals surface area contributed by atoms with Gasteiger partial charge in [-0.2, -0.15) is 0 Å². The molecule has 0 aliphatic rings. The Labute approximate surface area is 103 Å². The molecule has 8 heteroatoms. The molecule has 0 aromatic carbocycles. The average molecular weight is 260 g/mol. The van der Waals surface area contributed by atoms with Crippen LogP contribution in [0, 0.1) is 0 Å². The Bertz CT molecular complexity index is 451. The van der Waals surface area contributed by atoms with Crippen LogP contribution >= 0.6 is 11.8 Å². The summed E-state index contributed by atoms with van der Waals surface area (Å²) in [7, 11) is 1.29. The molecule has 1 aromatic rings. The average Bonchev–Trinajstić information content (AvgIpc) is 2.66. The molecule has 0 saturated carbocycles. The van der Waals surface area contributed by atoms with E-state index in [0.29, 0.717) is 11.7 Å². The highest BCUT2D eigenvalue weighted by Gasteiger charge is 2.30. The lowest BCUT2D eigenvalue weighted by Gasteiger charge is -2.20. The Balaban J connectivity index is 2.73. The molecule has 0 aliphatic heterocycles. The fourth-order valence-corrected chi connectivity index (χ4v) is 2.22. The van der Waals surface area contributed by atoms with Crippen molar-refractivity contribution in [3.63, 3.8) is 0 Å². The van der Waals surface area contributed by atoms with E-state index in [-0.39, 0.29) is 11.4 Å². The maximum absolute atomic E-state index is 11.4. The molecule has 0 aliphatic carbocycles. The number of nitrogens with two attached hydrogens (primary N) is 1. The molecular weight excluding hydrogens is 244 g/mol. The standard InChI is InChI=1S/C9H16N4O3S/c1-4-13-7(15)11-12-8(13)17-5-9(2,10)6(14)16-3/h4-5,10H2,1-3H3,(H,11,15). The highest BCUT2D eigenvalue weighted by Crippen LogP contribution is 2.19. The molecule has 1 unspecified atom stereocenters. The van der Waals surface area contributed by atoms with Gasteiger partial charge in [0.05, 0.1) is 7.11 Å². The van der Waals surface area contributed by atoms with Crippen molar-refractivity contribution in [1.29, 1.82) is 0 Å². The fourth-order valence-electron chi connectivity index (χ4n) is 1.20. The van der Waals surface area contributed by atoms with Gasteiger partial charge in [0, 0.05) is 12.3 Å². The number of aromatic amines is 1. The van der Waals surface area contributed by atoms with Gasteiger partial charge in [-0.05, 0) is 13.8 Å². The van der Waals surface area contributed by atoms with Crippen LogP contribution in [0.25, 0.3) is 0 Å². The largest absolute Gasteiger partial charge is 0.468 e. The summed E-state index contributed by atoms with van der Waals surface area (Å²) in [6, 6.07) is 0. The van der Waals surface area contributed by atoms with Crippen LogP contribution in [-0.2, 0) is 16.1 Å². The number of carbonyl (C=O) groups is 1. The van der Waals surface area contributed by atoms with E-state index >= 15 is 0 Å².